The predicted molar refractivity (Wildman–Crippen MR) is 140 cm³/mol. The Morgan fingerprint density at radius 1 is 1.03 bits per heavy atom. The normalized spacial score (nSPS) is 12.2. The van der Waals surface area contributed by atoms with Gasteiger partial charge in [0.1, 0.15) is 23.9 Å². The second-order valence-electron chi connectivity index (χ2n) is 9.24. The van der Waals surface area contributed by atoms with Crippen LogP contribution in [-0.4, -0.2) is 39.5 Å². The van der Waals surface area contributed by atoms with Crippen molar-refractivity contribution in [3.63, 3.8) is 0 Å². The number of ether oxygens (including phenoxy) is 1. The zero-order valence-electron chi connectivity index (χ0n) is 21.0. The molecule has 0 spiro atoms. The number of aromatic nitrogens is 3. The summed E-state index contributed by atoms with van der Waals surface area (Å²) in [5.41, 5.74) is 2.22. The van der Waals surface area contributed by atoms with Crippen LogP contribution in [0.1, 0.15) is 38.8 Å². The SMILES string of the molecule is CCC(C)(C)NC(=O)C(c1cccc(OC)c1)N(C(=O)Cn1nnc2ccccc21)c1ccccc1. The molecule has 0 aliphatic heterocycles. The van der Waals surface area contributed by atoms with Gasteiger partial charge in [-0.1, -0.05) is 54.6 Å². The first kappa shape index (κ1) is 24.9. The lowest BCUT2D eigenvalue weighted by Gasteiger charge is -2.34. The van der Waals surface area contributed by atoms with Crippen molar-refractivity contribution < 1.29 is 14.3 Å². The molecular weight excluding hydrogens is 454 g/mol. The molecule has 0 saturated carbocycles. The number of benzene rings is 3. The molecule has 3 aromatic carbocycles. The standard InChI is InChI=1S/C28H31N5O3/c1-5-28(2,3)29-27(35)26(20-12-11-15-22(18-20)36-4)33(21-13-7-6-8-14-21)25(34)19-32-24-17-10-9-16-23(24)30-31-32/h6-18,26H,5,19H2,1-4H3,(H,29,35). The van der Waals surface area contributed by atoms with Crippen molar-refractivity contribution in [1.29, 1.82) is 0 Å². The van der Waals surface area contributed by atoms with E-state index < -0.39 is 11.6 Å². The number of carbonyl (C=O) groups is 2. The number of nitrogens with zero attached hydrogens (tertiary/aromatic N) is 4. The van der Waals surface area contributed by atoms with E-state index in [-0.39, 0.29) is 18.4 Å². The molecule has 0 aliphatic carbocycles. The maximum absolute atomic E-state index is 14.0. The van der Waals surface area contributed by atoms with Gasteiger partial charge in [0.2, 0.25) is 11.8 Å². The number of anilines is 1. The van der Waals surface area contributed by atoms with Gasteiger partial charge in [0, 0.05) is 11.2 Å². The number of nitrogens with one attached hydrogen (secondary N) is 1. The van der Waals surface area contributed by atoms with Crippen LogP contribution in [0.4, 0.5) is 5.69 Å². The zero-order valence-corrected chi connectivity index (χ0v) is 21.0. The fourth-order valence-electron chi connectivity index (χ4n) is 3.98. The number of rotatable bonds is 9. The van der Waals surface area contributed by atoms with E-state index in [0.29, 0.717) is 22.5 Å². The fourth-order valence-corrected chi connectivity index (χ4v) is 3.98. The molecule has 0 radical (unpaired) electrons. The van der Waals surface area contributed by atoms with E-state index in [0.717, 1.165) is 11.9 Å². The Kier molecular flexibility index (Phi) is 7.33. The molecular formula is C28H31N5O3. The largest absolute Gasteiger partial charge is 0.497 e. The van der Waals surface area contributed by atoms with E-state index in [4.69, 9.17) is 4.74 Å². The maximum Gasteiger partial charge on any atom is 0.249 e. The summed E-state index contributed by atoms with van der Waals surface area (Å²) in [6.07, 6.45) is 0.730. The molecule has 4 rings (SSSR count). The molecule has 1 heterocycles. The first-order valence-electron chi connectivity index (χ1n) is 11.9. The van der Waals surface area contributed by atoms with E-state index in [1.807, 2.05) is 93.6 Å². The average molecular weight is 486 g/mol. The molecule has 1 atom stereocenters. The van der Waals surface area contributed by atoms with E-state index >= 15 is 0 Å². The van der Waals surface area contributed by atoms with Crippen molar-refractivity contribution in [3.8, 4) is 5.75 Å². The van der Waals surface area contributed by atoms with Gasteiger partial charge < -0.3 is 10.1 Å². The topological polar surface area (TPSA) is 89.4 Å². The minimum absolute atomic E-state index is 0.0830. The van der Waals surface area contributed by atoms with Crippen LogP contribution in [0.25, 0.3) is 11.0 Å². The highest BCUT2D eigenvalue weighted by molar-refractivity contribution is 6.01. The molecule has 36 heavy (non-hydrogen) atoms. The third-order valence-corrected chi connectivity index (χ3v) is 6.27. The Morgan fingerprint density at radius 2 is 1.75 bits per heavy atom. The second kappa shape index (κ2) is 10.6. The highest BCUT2D eigenvalue weighted by atomic mass is 16.5. The molecule has 0 fully saturated rings. The number of amides is 2. The van der Waals surface area contributed by atoms with Crippen molar-refractivity contribution in [2.24, 2.45) is 0 Å². The molecule has 8 nitrogen and oxygen atoms in total. The summed E-state index contributed by atoms with van der Waals surface area (Å²) in [5.74, 6) is 0.0210. The minimum atomic E-state index is -0.935. The fraction of sp³-hybridized carbons (Fsp3) is 0.286. The molecule has 4 aromatic rings. The monoisotopic (exact) mass is 485 g/mol. The summed E-state index contributed by atoms with van der Waals surface area (Å²) >= 11 is 0. The lowest BCUT2D eigenvalue weighted by Crippen LogP contribution is -2.51. The Bertz CT molecular complexity index is 1350. The highest BCUT2D eigenvalue weighted by Gasteiger charge is 2.35. The van der Waals surface area contributed by atoms with Gasteiger partial charge in [-0.3, -0.25) is 14.5 Å². The molecule has 0 saturated heterocycles. The average Bonchev–Trinajstić information content (AvgIpc) is 3.30. The van der Waals surface area contributed by atoms with E-state index in [2.05, 4.69) is 15.6 Å². The first-order chi connectivity index (χ1) is 17.3. The molecule has 2 amide bonds. The number of hydrogen-bond donors (Lipinski definition) is 1. The number of carbonyl (C=O) groups excluding carboxylic acids is 2. The Balaban J connectivity index is 1.81. The molecule has 1 aromatic heterocycles. The van der Waals surface area contributed by atoms with Crippen LogP contribution in [0.2, 0.25) is 0 Å². The van der Waals surface area contributed by atoms with Crippen molar-refractivity contribution >= 4 is 28.5 Å². The highest BCUT2D eigenvalue weighted by Crippen LogP contribution is 2.31. The second-order valence-corrected chi connectivity index (χ2v) is 9.24. The Morgan fingerprint density at radius 3 is 2.47 bits per heavy atom. The molecule has 0 aliphatic rings. The van der Waals surface area contributed by atoms with Gasteiger partial charge in [0.05, 0.1) is 12.6 Å². The third-order valence-electron chi connectivity index (χ3n) is 6.27. The van der Waals surface area contributed by atoms with Crippen LogP contribution in [0, 0.1) is 0 Å². The van der Waals surface area contributed by atoms with Crippen molar-refractivity contribution in [3.05, 3.63) is 84.4 Å². The molecule has 8 heteroatoms. The van der Waals surface area contributed by atoms with Crippen molar-refractivity contribution in [1.82, 2.24) is 20.3 Å². The van der Waals surface area contributed by atoms with Gasteiger partial charge in [0.25, 0.3) is 0 Å². The van der Waals surface area contributed by atoms with E-state index in [9.17, 15) is 9.59 Å². The third kappa shape index (κ3) is 5.38. The summed E-state index contributed by atoms with van der Waals surface area (Å²) in [7, 11) is 1.57. The molecule has 186 valence electrons. The Labute approximate surface area is 210 Å². The summed E-state index contributed by atoms with van der Waals surface area (Å²) in [6.45, 7) is 5.85. The van der Waals surface area contributed by atoms with Crippen LogP contribution in [0.3, 0.4) is 0 Å². The van der Waals surface area contributed by atoms with Gasteiger partial charge >= 0.3 is 0 Å². The number of hydrogen-bond acceptors (Lipinski definition) is 5. The number of methoxy groups -OCH3 is 1. The maximum atomic E-state index is 14.0. The summed E-state index contributed by atoms with van der Waals surface area (Å²) in [4.78, 5) is 29.4. The van der Waals surface area contributed by atoms with Gasteiger partial charge in [0.15, 0.2) is 0 Å². The van der Waals surface area contributed by atoms with Crippen LogP contribution < -0.4 is 15.0 Å². The van der Waals surface area contributed by atoms with E-state index in [1.54, 1.807) is 17.9 Å². The Hall–Kier alpha value is -4.20. The van der Waals surface area contributed by atoms with Crippen LogP contribution in [-0.2, 0) is 16.1 Å². The van der Waals surface area contributed by atoms with Gasteiger partial charge in [-0.15, -0.1) is 5.10 Å². The summed E-state index contributed by atoms with van der Waals surface area (Å²) < 4.78 is 6.99. The van der Waals surface area contributed by atoms with Gasteiger partial charge in [-0.2, -0.15) is 0 Å². The summed E-state index contributed by atoms with van der Waals surface area (Å²) in [5, 5.41) is 11.5. The predicted octanol–water partition coefficient (Wildman–Crippen LogP) is 4.52. The zero-order chi connectivity index (χ0) is 25.7. The number of fused-ring (bicyclic) bond motifs is 1. The quantitative estimate of drug-likeness (QED) is 0.377. The van der Waals surface area contributed by atoms with Crippen molar-refractivity contribution in [2.45, 2.75) is 45.3 Å². The summed E-state index contributed by atoms with van der Waals surface area (Å²) in [6, 6.07) is 23.0. The van der Waals surface area contributed by atoms with Crippen LogP contribution in [0.5, 0.6) is 5.75 Å². The minimum Gasteiger partial charge on any atom is -0.497 e. The number of para-hydroxylation sites is 2. The van der Waals surface area contributed by atoms with Crippen LogP contribution >= 0.6 is 0 Å². The molecule has 0 bridgehead atoms. The van der Waals surface area contributed by atoms with Gasteiger partial charge in [-0.05, 0) is 62.2 Å². The van der Waals surface area contributed by atoms with Gasteiger partial charge in [-0.25, -0.2) is 4.68 Å². The van der Waals surface area contributed by atoms with E-state index in [1.165, 1.54) is 4.90 Å². The smallest absolute Gasteiger partial charge is 0.249 e. The molecule has 1 N–H and O–H groups in total. The first-order valence-corrected chi connectivity index (χ1v) is 11.9. The van der Waals surface area contributed by atoms with Crippen LogP contribution in [0.15, 0.2) is 78.9 Å². The van der Waals surface area contributed by atoms with Crippen molar-refractivity contribution in [2.75, 3.05) is 12.0 Å². The lowest BCUT2D eigenvalue weighted by molar-refractivity contribution is -0.128. The lowest BCUT2D eigenvalue weighted by atomic mass is 9.98. The molecule has 1 unspecified atom stereocenters.